The summed E-state index contributed by atoms with van der Waals surface area (Å²) in [6.45, 7) is 0. The summed E-state index contributed by atoms with van der Waals surface area (Å²) < 4.78 is 77.0. The molecule has 0 aliphatic rings. The van der Waals surface area contributed by atoms with Crippen LogP contribution in [0.3, 0.4) is 0 Å². The van der Waals surface area contributed by atoms with Crippen LogP contribution in [0.15, 0.2) is 143 Å². The second-order valence-corrected chi connectivity index (χ2v) is 12.5. The van der Waals surface area contributed by atoms with Crippen LogP contribution in [0, 0.1) is 0 Å². The molecule has 0 heterocycles. The Hall–Kier alpha value is -4.91. The van der Waals surface area contributed by atoms with Gasteiger partial charge in [-0.3, -0.25) is 0 Å². The van der Waals surface area contributed by atoms with Crippen molar-refractivity contribution in [3.63, 3.8) is 0 Å². The Morgan fingerprint density at radius 2 is 0.787 bits per heavy atom. The van der Waals surface area contributed by atoms with Crippen LogP contribution in [0.4, 0.5) is 0 Å². The Morgan fingerprint density at radius 1 is 0.447 bits per heavy atom. The van der Waals surface area contributed by atoms with E-state index in [1.165, 1.54) is 48.5 Å². The molecule has 0 atom stereocenters. The minimum absolute atomic E-state index is 0. The fourth-order valence-electron chi connectivity index (χ4n) is 4.32. The van der Waals surface area contributed by atoms with E-state index in [9.17, 15) is 35.5 Å². The van der Waals surface area contributed by atoms with E-state index in [0.29, 0.717) is 21.9 Å². The Morgan fingerprint density at radius 3 is 1.13 bits per heavy atom. The van der Waals surface area contributed by atoms with Gasteiger partial charge in [0.15, 0.2) is 0 Å². The van der Waals surface area contributed by atoms with E-state index in [1.807, 2.05) is 0 Å². The standard InChI is InChI=1S/2C17H12O5S.Ni/c2*18-17(13-4-2-1-3-5-13)22-15-8-6-12-7-9-16(23(19,20)21)11-14(12)10-15;/h2*1-11H,(H,19,20,21);/q;;+2/p-2. The zero-order valence-electron chi connectivity index (χ0n) is 23.9. The number of fused-ring (bicyclic) bond motifs is 2. The number of ether oxygens (including phenoxy) is 2. The van der Waals surface area contributed by atoms with E-state index in [1.54, 1.807) is 84.9 Å². The van der Waals surface area contributed by atoms with Crippen molar-refractivity contribution in [2.45, 2.75) is 9.79 Å². The molecule has 47 heavy (non-hydrogen) atoms. The molecule has 6 aromatic carbocycles. The van der Waals surface area contributed by atoms with Gasteiger partial charge < -0.3 is 18.6 Å². The molecular weight excluding hydrogens is 691 g/mol. The van der Waals surface area contributed by atoms with E-state index in [-0.39, 0.29) is 37.8 Å². The minimum Gasteiger partial charge on any atom is -0.744 e. The van der Waals surface area contributed by atoms with Gasteiger partial charge in [0, 0.05) is 0 Å². The van der Waals surface area contributed by atoms with Crippen LogP contribution in [-0.4, -0.2) is 37.9 Å². The summed E-state index contributed by atoms with van der Waals surface area (Å²) in [6.07, 6.45) is 0. The van der Waals surface area contributed by atoms with Crippen LogP contribution >= 0.6 is 0 Å². The van der Waals surface area contributed by atoms with Crippen LogP contribution in [0.1, 0.15) is 20.7 Å². The first-order valence-electron chi connectivity index (χ1n) is 13.4. The van der Waals surface area contributed by atoms with Crippen molar-refractivity contribution < 1.29 is 61.5 Å². The van der Waals surface area contributed by atoms with Gasteiger partial charge in [-0.15, -0.1) is 0 Å². The topological polar surface area (TPSA) is 167 Å². The third kappa shape index (κ3) is 9.10. The quantitative estimate of drug-likeness (QED) is 0.0875. The monoisotopic (exact) mass is 712 g/mol. The first-order chi connectivity index (χ1) is 21.9. The van der Waals surface area contributed by atoms with Gasteiger partial charge in [-0.1, -0.05) is 60.7 Å². The molecule has 0 aliphatic carbocycles. The van der Waals surface area contributed by atoms with Crippen LogP contribution < -0.4 is 9.47 Å². The van der Waals surface area contributed by atoms with Gasteiger partial charge in [-0.25, -0.2) is 26.4 Å². The SMILES string of the molecule is O=C(Oc1ccc2ccc(S(=O)(=O)[O-])cc2c1)c1ccccc1.O=C(Oc1ccc2ccc(S(=O)(=O)[O-])cc2c1)c1ccccc1.[Ni+2]. The first-order valence-corrected chi connectivity index (χ1v) is 16.2. The summed E-state index contributed by atoms with van der Waals surface area (Å²) >= 11 is 0. The largest absolute Gasteiger partial charge is 2.00 e. The van der Waals surface area contributed by atoms with Gasteiger partial charge in [0.1, 0.15) is 31.7 Å². The molecule has 0 saturated heterocycles. The average Bonchev–Trinajstić information content (AvgIpc) is 3.04. The van der Waals surface area contributed by atoms with E-state index in [0.717, 1.165) is 10.8 Å². The van der Waals surface area contributed by atoms with Gasteiger partial charge in [0.05, 0.1) is 20.9 Å². The maximum Gasteiger partial charge on any atom is 2.00 e. The van der Waals surface area contributed by atoms with Gasteiger partial charge in [-0.05, 0) is 94.3 Å². The molecule has 0 fully saturated rings. The number of carbonyl (C=O) groups excluding carboxylic acids is 2. The molecule has 13 heteroatoms. The molecule has 0 radical (unpaired) electrons. The van der Waals surface area contributed by atoms with Crippen molar-refractivity contribution in [2.75, 3.05) is 0 Å². The van der Waals surface area contributed by atoms with E-state index in [2.05, 4.69) is 0 Å². The normalized spacial score (nSPS) is 11.1. The Kier molecular flexibility index (Phi) is 10.9. The van der Waals surface area contributed by atoms with E-state index in [4.69, 9.17) is 9.47 Å². The van der Waals surface area contributed by atoms with Gasteiger partial charge in [-0.2, -0.15) is 0 Å². The molecule has 6 rings (SSSR count). The maximum absolute atomic E-state index is 12.0. The number of hydrogen-bond donors (Lipinski definition) is 0. The van der Waals surface area contributed by atoms with Crippen molar-refractivity contribution in [3.8, 4) is 11.5 Å². The molecule has 0 saturated carbocycles. The Bertz CT molecular complexity index is 2130. The third-order valence-corrected chi connectivity index (χ3v) is 8.25. The number of esters is 2. The zero-order valence-corrected chi connectivity index (χ0v) is 26.5. The summed E-state index contributed by atoms with van der Waals surface area (Å²) in [5.74, 6) is -0.492. The summed E-state index contributed by atoms with van der Waals surface area (Å²) in [6, 6.07) is 34.7. The number of benzene rings is 6. The fourth-order valence-corrected chi connectivity index (χ4v) is 5.34. The molecule has 0 bridgehead atoms. The number of rotatable bonds is 6. The third-order valence-electron chi connectivity index (χ3n) is 6.58. The van der Waals surface area contributed by atoms with Crippen LogP contribution in [0.2, 0.25) is 0 Å². The molecule has 0 spiro atoms. The van der Waals surface area contributed by atoms with Crippen molar-refractivity contribution in [1.82, 2.24) is 0 Å². The van der Waals surface area contributed by atoms with E-state index >= 15 is 0 Å². The average molecular weight is 713 g/mol. The summed E-state index contributed by atoms with van der Waals surface area (Å²) in [7, 11) is -9.06. The number of carbonyl (C=O) groups is 2. The second kappa shape index (κ2) is 14.7. The maximum atomic E-state index is 12.0. The van der Waals surface area contributed by atoms with Crippen LogP contribution in [0.25, 0.3) is 21.5 Å². The van der Waals surface area contributed by atoms with Crippen LogP contribution in [-0.2, 0) is 36.7 Å². The molecule has 0 N–H and O–H groups in total. The number of hydrogen-bond acceptors (Lipinski definition) is 10. The fraction of sp³-hybridized carbons (Fsp3) is 0. The molecule has 0 amide bonds. The predicted molar refractivity (Wildman–Crippen MR) is 167 cm³/mol. The summed E-state index contributed by atoms with van der Waals surface area (Å²) in [5, 5.41) is 2.47. The Labute approximate surface area is 280 Å². The minimum atomic E-state index is -4.53. The zero-order chi connectivity index (χ0) is 32.9. The summed E-state index contributed by atoms with van der Waals surface area (Å²) in [5.41, 5.74) is 0.812. The second-order valence-electron chi connectivity index (χ2n) is 9.76. The van der Waals surface area contributed by atoms with Gasteiger partial charge in [0.25, 0.3) is 0 Å². The molecule has 0 aliphatic heterocycles. The molecule has 10 nitrogen and oxygen atoms in total. The predicted octanol–water partition coefficient (Wildman–Crippen LogP) is 5.92. The smallest absolute Gasteiger partial charge is 0.744 e. The molecule has 0 unspecified atom stereocenters. The molecule has 6 aromatic rings. The van der Waals surface area contributed by atoms with Gasteiger partial charge >= 0.3 is 28.4 Å². The molecule has 0 aromatic heterocycles. The van der Waals surface area contributed by atoms with Crippen molar-refractivity contribution >= 4 is 53.7 Å². The van der Waals surface area contributed by atoms with E-state index < -0.39 is 32.2 Å². The van der Waals surface area contributed by atoms with Crippen LogP contribution in [0.5, 0.6) is 11.5 Å². The molecular formula is C34H22NiO10S2. The van der Waals surface area contributed by atoms with Crippen molar-refractivity contribution in [2.24, 2.45) is 0 Å². The van der Waals surface area contributed by atoms with Gasteiger partial charge in [0.2, 0.25) is 0 Å². The van der Waals surface area contributed by atoms with Crippen molar-refractivity contribution in [3.05, 3.63) is 145 Å². The Balaban J connectivity index is 0.000000208. The molecule has 240 valence electrons. The summed E-state index contributed by atoms with van der Waals surface area (Å²) in [4.78, 5) is 23.4. The van der Waals surface area contributed by atoms with Crippen molar-refractivity contribution in [1.29, 1.82) is 0 Å². The first kappa shape index (κ1) is 35.0.